The Morgan fingerprint density at radius 1 is 1.18 bits per heavy atom. The van der Waals surface area contributed by atoms with Gasteiger partial charge in [-0.2, -0.15) is 13.0 Å². The minimum atomic E-state index is -5.73. The number of nitrogens with one attached hydrogen (secondary N) is 1. The summed E-state index contributed by atoms with van der Waals surface area (Å²) < 4.78 is 65.5. The maximum atomic E-state index is 13.8. The third-order valence-corrected chi connectivity index (χ3v) is 8.45. The number of ether oxygens (including phenoxy) is 1. The van der Waals surface area contributed by atoms with Crippen molar-refractivity contribution in [2.75, 3.05) is 6.61 Å². The summed E-state index contributed by atoms with van der Waals surface area (Å²) in [5, 5.41) is 20.8. The minimum absolute atomic E-state index is 0.128. The first-order valence-electron chi connectivity index (χ1n) is 8.56. The lowest BCUT2D eigenvalue weighted by molar-refractivity contribution is -0.0530. The maximum Gasteiger partial charge on any atom is 0.490 e. The molecule has 6 atom stereocenters. The molecule has 1 fully saturated rings. The molecule has 2 aromatic heterocycles. The van der Waals surface area contributed by atoms with Crippen molar-refractivity contribution in [1.82, 2.24) is 14.5 Å². The number of H-pyrrole nitrogens is 1. The number of halogens is 1. The predicted molar refractivity (Wildman–Crippen MR) is 105 cm³/mol. The van der Waals surface area contributed by atoms with Crippen LogP contribution in [0.15, 0.2) is 6.20 Å². The van der Waals surface area contributed by atoms with Gasteiger partial charge in [0.2, 0.25) is 4.77 Å². The molecule has 186 valence electrons. The fourth-order valence-electron chi connectivity index (χ4n) is 2.90. The molecule has 1 aliphatic rings. The van der Waals surface area contributed by atoms with Gasteiger partial charge < -0.3 is 39.5 Å². The van der Waals surface area contributed by atoms with E-state index in [-0.39, 0.29) is 16.0 Å². The summed E-state index contributed by atoms with van der Waals surface area (Å²) in [4.78, 5) is 42.0. The molecular formula is C12H17FN3O13P3S. The minimum Gasteiger partial charge on any atom is -0.387 e. The molecular weight excluding hydrogens is 538 g/mol. The van der Waals surface area contributed by atoms with Crippen molar-refractivity contribution >= 4 is 46.7 Å². The van der Waals surface area contributed by atoms with E-state index in [4.69, 9.17) is 31.6 Å². The third kappa shape index (κ3) is 6.20. The number of aliphatic hydroxyl groups is 2. The molecule has 0 spiro atoms. The number of phosphoric acid groups is 3. The van der Waals surface area contributed by atoms with E-state index in [1.54, 1.807) is 0 Å². The molecule has 1 aliphatic heterocycles. The van der Waals surface area contributed by atoms with E-state index in [0.29, 0.717) is 5.39 Å². The average Bonchev–Trinajstić information content (AvgIpc) is 3.06. The Balaban J connectivity index is 1.74. The van der Waals surface area contributed by atoms with Gasteiger partial charge in [-0.25, -0.2) is 18.7 Å². The Hall–Kier alpha value is -0.940. The number of phosphoric ester groups is 1. The second kappa shape index (κ2) is 9.26. The molecule has 0 aromatic carbocycles. The van der Waals surface area contributed by atoms with Crippen LogP contribution in [0.25, 0.3) is 11.0 Å². The monoisotopic (exact) mass is 555 g/mol. The van der Waals surface area contributed by atoms with Gasteiger partial charge in [0, 0.05) is 17.1 Å². The van der Waals surface area contributed by atoms with Crippen molar-refractivity contribution in [1.29, 1.82) is 0 Å². The van der Waals surface area contributed by atoms with E-state index in [0.717, 1.165) is 4.57 Å². The van der Waals surface area contributed by atoms with Crippen molar-refractivity contribution in [2.24, 2.45) is 0 Å². The zero-order valence-corrected chi connectivity index (χ0v) is 19.7. The van der Waals surface area contributed by atoms with Crippen LogP contribution in [-0.4, -0.2) is 69.2 Å². The second-order valence-electron chi connectivity index (χ2n) is 6.69. The summed E-state index contributed by atoms with van der Waals surface area (Å²) >= 11 is 5.09. The number of hydrogen-bond donors (Lipinski definition) is 7. The Bertz CT molecular complexity index is 1260. The number of hydrogen-bond acceptors (Lipinski definition) is 11. The summed E-state index contributed by atoms with van der Waals surface area (Å²) in [6, 6.07) is 0. The first-order valence-corrected chi connectivity index (χ1v) is 13.5. The molecule has 0 amide bonds. The van der Waals surface area contributed by atoms with Crippen molar-refractivity contribution in [3.63, 3.8) is 0 Å². The van der Waals surface area contributed by atoms with E-state index in [9.17, 15) is 33.2 Å². The number of fused-ring (bicyclic) bond motifs is 1. The smallest absolute Gasteiger partial charge is 0.387 e. The topological polar surface area (TPSA) is 243 Å². The summed E-state index contributed by atoms with van der Waals surface area (Å²) in [5.41, 5.74) is 0.321. The number of nitrogens with zero attached hydrogens (tertiary/aromatic N) is 2. The van der Waals surface area contributed by atoms with Gasteiger partial charge in [-0.15, -0.1) is 0 Å². The average molecular weight is 555 g/mol. The highest BCUT2D eigenvalue weighted by molar-refractivity contribution is 7.71. The van der Waals surface area contributed by atoms with Gasteiger partial charge in [0.25, 0.3) is 0 Å². The number of aliphatic hydroxyl groups excluding tert-OH is 2. The standard InChI is InChI=1S/C12H17FN3O13P3S/c1-4-5-2-16(12(33)15-10(5)14-9(4)13)11-8(18)7(17)6(27-11)3-26-31(22,23)29-32(24,25)28-30(19,20)21/h2,6-8,11,17-18H,3H2,1H3,(H,22,23)(H,24,25)(H,14,15,33)(H2,19,20,21)/t6-,7?,8+,11-/m1/s1. The Morgan fingerprint density at radius 3 is 2.42 bits per heavy atom. The van der Waals surface area contributed by atoms with Gasteiger partial charge in [0.05, 0.1) is 6.61 Å². The van der Waals surface area contributed by atoms with Crippen molar-refractivity contribution in [2.45, 2.75) is 31.5 Å². The van der Waals surface area contributed by atoms with Crippen LogP contribution in [0.4, 0.5) is 4.39 Å². The maximum absolute atomic E-state index is 13.8. The first-order chi connectivity index (χ1) is 15.0. The molecule has 3 heterocycles. The number of aryl methyl sites for hydroxylation is 1. The summed E-state index contributed by atoms with van der Waals surface area (Å²) in [7, 11) is -16.8. The largest absolute Gasteiger partial charge is 0.490 e. The van der Waals surface area contributed by atoms with Crippen molar-refractivity contribution in [3.8, 4) is 0 Å². The van der Waals surface area contributed by atoms with E-state index in [1.807, 2.05) is 0 Å². The SMILES string of the molecule is Cc1c(F)[nH]c2nc(=S)n([C@@H]3O[C@H](COP(=O)(O)OP(=O)(O)OP(=O)(O)O)C(O)[C@@H]3O)cc12. The molecule has 16 nitrogen and oxygen atoms in total. The second-order valence-corrected chi connectivity index (χ2v) is 11.5. The molecule has 0 aliphatic carbocycles. The molecule has 3 unspecified atom stereocenters. The lowest BCUT2D eigenvalue weighted by atomic mass is 10.1. The van der Waals surface area contributed by atoms with E-state index < -0.39 is 60.6 Å². The molecule has 0 saturated carbocycles. The predicted octanol–water partition coefficient (Wildman–Crippen LogP) is 0.504. The fourth-order valence-corrected chi connectivity index (χ4v) is 6.18. The normalized spacial score (nSPS) is 27.5. The highest BCUT2D eigenvalue weighted by atomic mass is 32.1. The lowest BCUT2D eigenvalue weighted by Crippen LogP contribution is -2.33. The van der Waals surface area contributed by atoms with Gasteiger partial charge in [-0.3, -0.25) is 9.09 Å². The molecule has 21 heteroatoms. The molecule has 1 saturated heterocycles. The molecule has 0 radical (unpaired) electrons. The van der Waals surface area contributed by atoms with E-state index in [2.05, 4.69) is 23.1 Å². The number of aromatic nitrogens is 3. The first kappa shape index (κ1) is 26.7. The lowest BCUT2D eigenvalue weighted by Gasteiger charge is -2.19. The van der Waals surface area contributed by atoms with Crippen LogP contribution in [0.1, 0.15) is 11.8 Å². The van der Waals surface area contributed by atoms with Crippen LogP contribution < -0.4 is 0 Å². The van der Waals surface area contributed by atoms with Gasteiger partial charge in [-0.05, 0) is 19.1 Å². The Morgan fingerprint density at radius 2 is 1.82 bits per heavy atom. The Kier molecular flexibility index (Phi) is 7.48. The number of aromatic amines is 1. The van der Waals surface area contributed by atoms with Crippen molar-refractivity contribution < 1.29 is 65.8 Å². The van der Waals surface area contributed by atoms with Gasteiger partial charge >= 0.3 is 23.5 Å². The molecule has 33 heavy (non-hydrogen) atoms. The third-order valence-electron chi connectivity index (χ3n) is 4.34. The van der Waals surface area contributed by atoms with Gasteiger partial charge in [0.15, 0.2) is 12.2 Å². The van der Waals surface area contributed by atoms with E-state index in [1.165, 1.54) is 13.1 Å². The molecule has 0 bridgehead atoms. The highest BCUT2D eigenvalue weighted by Gasteiger charge is 2.46. The molecule has 7 N–H and O–H groups in total. The zero-order chi connectivity index (χ0) is 24.9. The van der Waals surface area contributed by atoms with Crippen LogP contribution in [0.2, 0.25) is 0 Å². The van der Waals surface area contributed by atoms with Gasteiger partial charge in [-0.1, -0.05) is 0 Å². The Labute approximate surface area is 188 Å². The van der Waals surface area contributed by atoms with Crippen LogP contribution in [0.3, 0.4) is 0 Å². The zero-order valence-electron chi connectivity index (χ0n) is 16.2. The van der Waals surface area contributed by atoms with E-state index >= 15 is 0 Å². The quantitative estimate of drug-likeness (QED) is 0.173. The summed E-state index contributed by atoms with van der Waals surface area (Å²) in [6.45, 7) is 0.453. The van der Waals surface area contributed by atoms with Crippen LogP contribution in [0.5, 0.6) is 0 Å². The summed E-state index contributed by atoms with van der Waals surface area (Å²) in [5.74, 6) is -0.661. The van der Waals surface area contributed by atoms with Crippen LogP contribution in [0, 0.1) is 17.6 Å². The van der Waals surface area contributed by atoms with Gasteiger partial charge in [0.1, 0.15) is 24.0 Å². The van der Waals surface area contributed by atoms with Crippen LogP contribution >= 0.6 is 35.7 Å². The fraction of sp³-hybridized carbons (Fsp3) is 0.500. The molecule has 3 rings (SSSR count). The van der Waals surface area contributed by atoms with Crippen molar-refractivity contribution in [3.05, 3.63) is 22.5 Å². The molecule has 2 aromatic rings. The number of rotatable bonds is 8. The highest BCUT2D eigenvalue weighted by Crippen LogP contribution is 2.66. The summed E-state index contributed by atoms with van der Waals surface area (Å²) in [6.07, 6.45) is -5.00. The van der Waals surface area contributed by atoms with Crippen LogP contribution in [-0.2, 0) is 31.6 Å².